The number of hydrogen-bond donors (Lipinski definition) is 1. The van der Waals surface area contributed by atoms with Gasteiger partial charge in [-0.25, -0.2) is 4.79 Å². The number of carboxylic acids is 1. The van der Waals surface area contributed by atoms with Gasteiger partial charge < -0.3 is 10.0 Å². The molecule has 104 valence electrons. The molecule has 4 nitrogen and oxygen atoms in total. The Bertz CT molecular complexity index is 587. The molecule has 1 aliphatic heterocycles. The lowest BCUT2D eigenvalue weighted by Gasteiger charge is -2.26. The van der Waals surface area contributed by atoms with Gasteiger partial charge in [0.15, 0.2) is 0 Å². The lowest BCUT2D eigenvalue weighted by atomic mass is 9.97. The first-order chi connectivity index (χ1) is 9.65. The zero-order chi connectivity index (χ0) is 14.1. The van der Waals surface area contributed by atoms with Gasteiger partial charge in [0.25, 0.3) is 0 Å². The topological polar surface area (TPSA) is 57.6 Å². The summed E-state index contributed by atoms with van der Waals surface area (Å²) in [6, 6.07) is 6.99. The van der Waals surface area contributed by atoms with E-state index in [0.717, 1.165) is 36.9 Å². The summed E-state index contributed by atoms with van der Waals surface area (Å²) in [6.07, 6.45) is 4.91. The Morgan fingerprint density at radius 2 is 2.05 bits per heavy atom. The normalized spacial score (nSPS) is 18.6. The van der Waals surface area contributed by atoms with Gasteiger partial charge in [-0.15, -0.1) is 0 Å². The number of carbonyl (C=O) groups is 2. The molecule has 0 saturated heterocycles. The lowest BCUT2D eigenvalue weighted by Crippen LogP contribution is -2.35. The van der Waals surface area contributed by atoms with Crippen LogP contribution in [0.5, 0.6) is 0 Å². The number of carbonyl (C=O) groups excluding carboxylic acids is 1. The van der Waals surface area contributed by atoms with Crippen molar-refractivity contribution < 1.29 is 14.7 Å². The molecule has 1 aromatic carbocycles. The van der Waals surface area contributed by atoms with Crippen LogP contribution in [0.4, 0.5) is 0 Å². The number of benzene rings is 1. The maximum absolute atomic E-state index is 12.0. The molecule has 2 aliphatic rings. The molecular formula is C16H17NO3. The van der Waals surface area contributed by atoms with Crippen LogP contribution >= 0.6 is 0 Å². The Labute approximate surface area is 117 Å². The average Bonchev–Trinajstić information content (AvgIpc) is 3.31. The Morgan fingerprint density at radius 1 is 1.25 bits per heavy atom. The summed E-state index contributed by atoms with van der Waals surface area (Å²) in [7, 11) is 0. The highest BCUT2D eigenvalue weighted by molar-refractivity contribution is 5.89. The molecule has 0 bridgehead atoms. The summed E-state index contributed by atoms with van der Waals surface area (Å²) in [4.78, 5) is 24.9. The second-order valence-electron chi connectivity index (χ2n) is 5.42. The number of carboxylic acid groups (broad SMARTS) is 1. The first-order valence-corrected chi connectivity index (χ1v) is 6.96. The molecule has 4 heteroatoms. The fourth-order valence-corrected chi connectivity index (χ4v) is 2.57. The highest BCUT2D eigenvalue weighted by Crippen LogP contribution is 2.32. The van der Waals surface area contributed by atoms with Gasteiger partial charge in [0.05, 0.1) is 5.56 Å². The number of aromatic carboxylic acids is 1. The monoisotopic (exact) mass is 271 g/mol. The van der Waals surface area contributed by atoms with Crippen molar-refractivity contribution in [1.82, 2.24) is 4.90 Å². The molecule has 3 rings (SSSR count). The summed E-state index contributed by atoms with van der Waals surface area (Å²) in [6.45, 7) is 1.38. The Balaban J connectivity index is 1.74. The summed E-state index contributed by atoms with van der Waals surface area (Å²) in [5.74, 6) is -0.367. The van der Waals surface area contributed by atoms with Gasteiger partial charge in [-0.3, -0.25) is 4.79 Å². The molecule has 1 amide bonds. The predicted molar refractivity (Wildman–Crippen MR) is 75.3 cm³/mol. The molecule has 0 spiro atoms. The van der Waals surface area contributed by atoms with Crippen LogP contribution < -0.4 is 0 Å². The van der Waals surface area contributed by atoms with Gasteiger partial charge in [0.1, 0.15) is 0 Å². The highest BCUT2D eigenvalue weighted by atomic mass is 16.4. The summed E-state index contributed by atoms with van der Waals surface area (Å²) < 4.78 is 0. The minimum Gasteiger partial charge on any atom is -0.478 e. The molecule has 1 saturated carbocycles. The minimum absolute atomic E-state index is 0.264. The van der Waals surface area contributed by atoms with Crippen molar-refractivity contribution >= 4 is 17.4 Å². The van der Waals surface area contributed by atoms with E-state index in [1.165, 1.54) is 0 Å². The zero-order valence-corrected chi connectivity index (χ0v) is 11.2. The van der Waals surface area contributed by atoms with Crippen molar-refractivity contribution in [2.75, 3.05) is 13.1 Å². The van der Waals surface area contributed by atoms with Crippen molar-refractivity contribution in [2.45, 2.75) is 19.3 Å². The van der Waals surface area contributed by atoms with Crippen LogP contribution in [0, 0.1) is 5.92 Å². The molecular weight excluding hydrogens is 254 g/mol. The minimum atomic E-state index is -0.909. The van der Waals surface area contributed by atoms with Crippen molar-refractivity contribution in [3.63, 3.8) is 0 Å². The molecule has 20 heavy (non-hydrogen) atoms. The molecule has 1 fully saturated rings. The summed E-state index contributed by atoms with van der Waals surface area (Å²) in [5.41, 5.74) is 2.39. The third kappa shape index (κ3) is 2.59. The lowest BCUT2D eigenvalue weighted by molar-refractivity contribution is -0.132. The first kappa shape index (κ1) is 12.9. The quantitative estimate of drug-likeness (QED) is 0.918. The second-order valence-corrected chi connectivity index (χ2v) is 5.42. The first-order valence-electron chi connectivity index (χ1n) is 6.96. The van der Waals surface area contributed by atoms with Crippen molar-refractivity contribution in [3.05, 3.63) is 41.5 Å². The third-order valence-corrected chi connectivity index (χ3v) is 3.93. The zero-order valence-electron chi connectivity index (χ0n) is 11.2. The summed E-state index contributed by atoms with van der Waals surface area (Å²) >= 11 is 0. The molecule has 0 radical (unpaired) electrons. The van der Waals surface area contributed by atoms with E-state index in [-0.39, 0.29) is 11.8 Å². The van der Waals surface area contributed by atoms with Crippen LogP contribution in [-0.2, 0) is 4.79 Å². The van der Waals surface area contributed by atoms with E-state index in [1.54, 1.807) is 18.2 Å². The van der Waals surface area contributed by atoms with E-state index < -0.39 is 5.97 Å². The molecule has 1 heterocycles. The molecule has 0 aromatic heterocycles. The van der Waals surface area contributed by atoms with Gasteiger partial charge in [0, 0.05) is 19.0 Å². The van der Waals surface area contributed by atoms with Crippen molar-refractivity contribution in [3.8, 4) is 0 Å². The van der Waals surface area contributed by atoms with E-state index >= 15 is 0 Å². The number of hydrogen-bond acceptors (Lipinski definition) is 2. The number of amides is 1. The Kier molecular flexibility index (Phi) is 3.30. The fourth-order valence-electron chi connectivity index (χ4n) is 2.57. The maximum Gasteiger partial charge on any atom is 0.335 e. The standard InChI is InChI=1S/C16H17NO3/c18-15(12-4-5-12)17-8-6-11(7-9-17)13-2-1-3-14(10-13)16(19)20/h1-3,6,10,12H,4-5,7-9H2,(H,19,20). The summed E-state index contributed by atoms with van der Waals surface area (Å²) in [5, 5.41) is 9.02. The molecule has 1 N–H and O–H groups in total. The van der Waals surface area contributed by atoms with Crippen LogP contribution in [0.15, 0.2) is 30.3 Å². The van der Waals surface area contributed by atoms with Gasteiger partial charge in [-0.1, -0.05) is 18.2 Å². The average molecular weight is 271 g/mol. The van der Waals surface area contributed by atoms with Crippen LogP contribution in [0.3, 0.4) is 0 Å². The van der Waals surface area contributed by atoms with E-state index in [1.807, 2.05) is 17.0 Å². The third-order valence-electron chi connectivity index (χ3n) is 3.93. The van der Waals surface area contributed by atoms with Crippen molar-refractivity contribution in [1.29, 1.82) is 0 Å². The van der Waals surface area contributed by atoms with Gasteiger partial charge in [-0.2, -0.15) is 0 Å². The number of nitrogens with zero attached hydrogens (tertiary/aromatic N) is 1. The SMILES string of the molecule is O=C(O)c1cccc(C2=CCN(C(=O)C3CC3)CC2)c1. The van der Waals surface area contributed by atoms with Crippen LogP contribution in [-0.4, -0.2) is 35.0 Å². The highest BCUT2D eigenvalue weighted by Gasteiger charge is 2.33. The number of rotatable bonds is 3. The largest absolute Gasteiger partial charge is 0.478 e. The second kappa shape index (κ2) is 5.12. The van der Waals surface area contributed by atoms with E-state index in [9.17, 15) is 9.59 Å². The Morgan fingerprint density at radius 3 is 2.65 bits per heavy atom. The van der Waals surface area contributed by atoms with E-state index in [4.69, 9.17) is 5.11 Å². The van der Waals surface area contributed by atoms with Crippen LogP contribution in [0.2, 0.25) is 0 Å². The molecule has 1 aromatic rings. The van der Waals surface area contributed by atoms with Gasteiger partial charge >= 0.3 is 5.97 Å². The van der Waals surface area contributed by atoms with Crippen LogP contribution in [0.1, 0.15) is 35.2 Å². The molecule has 1 aliphatic carbocycles. The Hall–Kier alpha value is -2.10. The van der Waals surface area contributed by atoms with Crippen LogP contribution in [0.25, 0.3) is 5.57 Å². The smallest absolute Gasteiger partial charge is 0.335 e. The fraction of sp³-hybridized carbons (Fsp3) is 0.375. The molecule has 0 unspecified atom stereocenters. The van der Waals surface area contributed by atoms with E-state index in [0.29, 0.717) is 12.1 Å². The van der Waals surface area contributed by atoms with E-state index in [2.05, 4.69) is 0 Å². The van der Waals surface area contributed by atoms with Gasteiger partial charge in [0.2, 0.25) is 5.91 Å². The molecule has 0 atom stereocenters. The van der Waals surface area contributed by atoms with Gasteiger partial charge in [-0.05, 0) is 42.5 Å². The van der Waals surface area contributed by atoms with Crippen molar-refractivity contribution in [2.24, 2.45) is 5.92 Å². The predicted octanol–water partition coefficient (Wildman–Crippen LogP) is 2.41. The maximum atomic E-state index is 12.0.